The van der Waals surface area contributed by atoms with Crippen molar-refractivity contribution in [2.75, 3.05) is 26.7 Å². The lowest BCUT2D eigenvalue weighted by atomic mass is 9.92. The first-order chi connectivity index (χ1) is 11.1. The van der Waals surface area contributed by atoms with Gasteiger partial charge in [0.05, 0.1) is 5.56 Å². The molecule has 0 radical (unpaired) electrons. The number of amides is 1. The molecule has 24 heavy (non-hydrogen) atoms. The Kier molecular flexibility index (Phi) is 6.47. The van der Waals surface area contributed by atoms with E-state index in [1.165, 1.54) is 6.42 Å². The fourth-order valence-electron chi connectivity index (χ4n) is 3.77. The summed E-state index contributed by atoms with van der Waals surface area (Å²) in [7, 11) is 1.97. The molecule has 1 saturated heterocycles. The van der Waals surface area contributed by atoms with E-state index in [9.17, 15) is 9.59 Å². The number of aryl methyl sites for hydroxylation is 1. The average Bonchev–Trinajstić information content (AvgIpc) is 2.91. The van der Waals surface area contributed by atoms with Gasteiger partial charge >= 0.3 is 0 Å². The predicted octanol–water partition coefficient (Wildman–Crippen LogP) is 2.99. The van der Waals surface area contributed by atoms with Crippen molar-refractivity contribution in [1.29, 1.82) is 0 Å². The van der Waals surface area contributed by atoms with E-state index in [1.54, 1.807) is 0 Å². The Morgan fingerprint density at radius 1 is 1.29 bits per heavy atom. The summed E-state index contributed by atoms with van der Waals surface area (Å²) < 4.78 is 5.79. The van der Waals surface area contributed by atoms with Crippen LogP contribution in [0, 0.1) is 12.8 Å². The van der Waals surface area contributed by atoms with E-state index >= 15 is 0 Å². The number of piperidine rings is 1. The Bertz CT molecular complexity index is 604. The van der Waals surface area contributed by atoms with Crippen molar-refractivity contribution >= 4 is 24.1 Å². The highest BCUT2D eigenvalue weighted by Gasteiger charge is 2.32. The van der Waals surface area contributed by atoms with Crippen molar-refractivity contribution in [3.63, 3.8) is 0 Å². The molecule has 5 nitrogen and oxygen atoms in total. The smallest absolute Gasteiger partial charge is 0.289 e. The van der Waals surface area contributed by atoms with E-state index in [0.29, 0.717) is 29.4 Å². The maximum atomic E-state index is 12.8. The van der Waals surface area contributed by atoms with Crippen LogP contribution in [0.1, 0.15) is 64.3 Å². The number of halogens is 1. The lowest BCUT2D eigenvalue weighted by Gasteiger charge is -2.31. The summed E-state index contributed by atoms with van der Waals surface area (Å²) in [6.45, 7) is 4.45. The van der Waals surface area contributed by atoms with Gasteiger partial charge in [-0.05, 0) is 52.1 Å². The third kappa shape index (κ3) is 3.67. The zero-order valence-corrected chi connectivity index (χ0v) is 15.3. The molecular formula is C18H27ClN2O3. The standard InChI is InChI=1S/C18H26N2O3.ClH/c1-12-16-14(21)4-3-5-15(16)23-17(12)18(22)20-10-7-13(8-11-20)6-9-19-2;/h13,19H,3-11H2,1-2H3;1H. The molecule has 1 fully saturated rings. The zero-order valence-electron chi connectivity index (χ0n) is 14.5. The van der Waals surface area contributed by atoms with Crippen LogP contribution in [-0.2, 0) is 6.42 Å². The summed E-state index contributed by atoms with van der Waals surface area (Å²) in [6.07, 6.45) is 5.42. The minimum atomic E-state index is -0.0447. The van der Waals surface area contributed by atoms with E-state index < -0.39 is 0 Å². The van der Waals surface area contributed by atoms with Gasteiger partial charge in [-0.15, -0.1) is 12.4 Å². The van der Waals surface area contributed by atoms with Crippen LogP contribution in [0.3, 0.4) is 0 Å². The number of likely N-dealkylation sites (tertiary alicyclic amines) is 1. The first kappa shape index (κ1) is 19.0. The fourth-order valence-corrected chi connectivity index (χ4v) is 3.77. The molecule has 1 aromatic heterocycles. The van der Waals surface area contributed by atoms with Crippen LogP contribution in [0.2, 0.25) is 0 Å². The van der Waals surface area contributed by atoms with Gasteiger partial charge in [0, 0.05) is 31.5 Å². The number of rotatable bonds is 4. The molecule has 0 saturated carbocycles. The largest absolute Gasteiger partial charge is 0.455 e. The average molecular weight is 355 g/mol. The highest BCUT2D eigenvalue weighted by molar-refractivity contribution is 6.03. The number of Topliss-reactive ketones (excluding diaryl/α,β-unsaturated/α-hetero) is 1. The molecule has 0 atom stereocenters. The lowest BCUT2D eigenvalue weighted by Crippen LogP contribution is -2.39. The van der Waals surface area contributed by atoms with Crippen molar-refractivity contribution in [3.05, 3.63) is 22.6 Å². The molecule has 0 spiro atoms. The number of nitrogens with one attached hydrogen (secondary N) is 1. The second-order valence-electron chi connectivity index (χ2n) is 6.76. The van der Waals surface area contributed by atoms with Gasteiger partial charge in [-0.25, -0.2) is 0 Å². The van der Waals surface area contributed by atoms with Gasteiger partial charge in [-0.2, -0.15) is 0 Å². The van der Waals surface area contributed by atoms with E-state index in [1.807, 2.05) is 18.9 Å². The Morgan fingerprint density at radius 3 is 2.62 bits per heavy atom. The van der Waals surface area contributed by atoms with Gasteiger partial charge in [0.15, 0.2) is 11.5 Å². The summed E-state index contributed by atoms with van der Waals surface area (Å²) in [5.74, 6) is 1.87. The maximum Gasteiger partial charge on any atom is 0.289 e. The lowest BCUT2D eigenvalue weighted by molar-refractivity contribution is 0.0651. The Labute approximate surface area is 149 Å². The number of carbonyl (C=O) groups is 2. The van der Waals surface area contributed by atoms with Gasteiger partial charge < -0.3 is 14.6 Å². The normalized spacial score (nSPS) is 18.2. The Hall–Kier alpha value is -1.33. The molecule has 1 aliphatic heterocycles. The highest BCUT2D eigenvalue weighted by Crippen LogP contribution is 2.31. The minimum Gasteiger partial charge on any atom is -0.455 e. The Balaban J connectivity index is 0.00000208. The van der Waals surface area contributed by atoms with Crippen LogP contribution in [0.15, 0.2) is 4.42 Å². The van der Waals surface area contributed by atoms with Crippen LogP contribution < -0.4 is 5.32 Å². The minimum absolute atomic E-state index is 0. The van der Waals surface area contributed by atoms with Gasteiger partial charge in [0.1, 0.15) is 5.76 Å². The van der Waals surface area contributed by atoms with E-state index in [-0.39, 0.29) is 24.1 Å². The van der Waals surface area contributed by atoms with Gasteiger partial charge in [0.25, 0.3) is 5.91 Å². The van der Waals surface area contributed by atoms with Crippen LogP contribution in [0.25, 0.3) is 0 Å². The topological polar surface area (TPSA) is 62.6 Å². The monoisotopic (exact) mass is 354 g/mol. The van der Waals surface area contributed by atoms with Gasteiger partial charge in [0.2, 0.25) is 0 Å². The predicted molar refractivity (Wildman–Crippen MR) is 95.1 cm³/mol. The summed E-state index contributed by atoms with van der Waals surface area (Å²) in [4.78, 5) is 26.7. The molecule has 1 amide bonds. The molecule has 0 unspecified atom stereocenters. The van der Waals surface area contributed by atoms with E-state index in [2.05, 4.69) is 5.32 Å². The molecule has 2 heterocycles. The molecule has 2 aliphatic rings. The summed E-state index contributed by atoms with van der Waals surface area (Å²) >= 11 is 0. The fraction of sp³-hybridized carbons (Fsp3) is 0.667. The van der Waals surface area contributed by atoms with E-state index in [0.717, 1.165) is 50.9 Å². The third-order valence-electron chi connectivity index (χ3n) is 5.20. The first-order valence-corrected chi connectivity index (χ1v) is 8.71. The first-order valence-electron chi connectivity index (χ1n) is 8.71. The molecule has 0 aromatic carbocycles. The second kappa shape index (κ2) is 8.17. The molecule has 6 heteroatoms. The van der Waals surface area contributed by atoms with Crippen molar-refractivity contribution in [2.24, 2.45) is 5.92 Å². The van der Waals surface area contributed by atoms with Crippen LogP contribution in [0.4, 0.5) is 0 Å². The molecule has 0 bridgehead atoms. The number of nitrogens with zero attached hydrogens (tertiary/aromatic N) is 1. The zero-order chi connectivity index (χ0) is 16.4. The number of hydrogen-bond donors (Lipinski definition) is 1. The molecule has 1 aromatic rings. The maximum absolute atomic E-state index is 12.8. The summed E-state index contributed by atoms with van der Waals surface area (Å²) in [6, 6.07) is 0. The molecule has 1 N–H and O–H groups in total. The molecule has 134 valence electrons. The van der Waals surface area contributed by atoms with Crippen molar-refractivity contribution < 1.29 is 14.0 Å². The number of fused-ring (bicyclic) bond motifs is 1. The van der Waals surface area contributed by atoms with Crippen LogP contribution in [-0.4, -0.2) is 43.3 Å². The quantitative estimate of drug-likeness (QED) is 0.902. The second-order valence-corrected chi connectivity index (χ2v) is 6.76. The summed E-state index contributed by atoms with van der Waals surface area (Å²) in [5.41, 5.74) is 1.41. The van der Waals surface area contributed by atoms with Crippen molar-refractivity contribution in [3.8, 4) is 0 Å². The number of hydrogen-bond acceptors (Lipinski definition) is 4. The number of ketones is 1. The molecule has 1 aliphatic carbocycles. The SMILES string of the molecule is CNCCC1CCN(C(=O)c2oc3c(c2C)C(=O)CCC3)CC1.Cl. The molecule has 3 rings (SSSR count). The Morgan fingerprint density at radius 2 is 2.00 bits per heavy atom. The third-order valence-corrected chi connectivity index (χ3v) is 5.20. The number of carbonyl (C=O) groups excluding carboxylic acids is 2. The summed E-state index contributed by atoms with van der Waals surface area (Å²) in [5, 5.41) is 3.19. The van der Waals surface area contributed by atoms with Crippen LogP contribution >= 0.6 is 12.4 Å². The van der Waals surface area contributed by atoms with Crippen molar-refractivity contribution in [1.82, 2.24) is 10.2 Å². The number of furan rings is 1. The van der Waals surface area contributed by atoms with Gasteiger partial charge in [-0.3, -0.25) is 9.59 Å². The van der Waals surface area contributed by atoms with Crippen LogP contribution in [0.5, 0.6) is 0 Å². The highest BCUT2D eigenvalue weighted by atomic mass is 35.5. The van der Waals surface area contributed by atoms with Gasteiger partial charge in [-0.1, -0.05) is 0 Å². The molecular weight excluding hydrogens is 328 g/mol. The van der Waals surface area contributed by atoms with Crippen molar-refractivity contribution in [2.45, 2.75) is 45.4 Å². The van der Waals surface area contributed by atoms with E-state index in [4.69, 9.17) is 4.42 Å².